The largest absolute Gasteiger partial charge is 0.497 e. The Morgan fingerprint density at radius 3 is 2.45 bits per heavy atom. The summed E-state index contributed by atoms with van der Waals surface area (Å²) in [5.41, 5.74) is 1.37. The predicted octanol–water partition coefficient (Wildman–Crippen LogP) is 3.55. The van der Waals surface area contributed by atoms with Gasteiger partial charge < -0.3 is 19.9 Å². The zero-order chi connectivity index (χ0) is 27.3. The molecular formula is C26H28F2N4O5S. The van der Waals surface area contributed by atoms with Crippen LogP contribution in [0.25, 0.3) is 11.0 Å². The van der Waals surface area contributed by atoms with Crippen molar-refractivity contribution in [3.05, 3.63) is 53.7 Å². The standard InChI is InChI=1S/C26H28F2N4O5S/c1-16-13-20-19(29-16)7-8-22(30-20)31-23(33)21-14-38(35,36)15-32(21)24(34)25(9-11-26(27,28)12-10-25)17-3-5-18(37-2)6-4-17/h3-8,13,21,29H,9-12,14-15H2,1-2H3,(H,30,31,33)/t21-/m1/s1. The fraction of sp³-hybridized carbons (Fsp3) is 0.423. The van der Waals surface area contributed by atoms with Crippen molar-refractivity contribution in [2.45, 2.75) is 50.0 Å². The van der Waals surface area contributed by atoms with Crippen LogP contribution in [0.2, 0.25) is 0 Å². The average Bonchev–Trinajstić information content (AvgIpc) is 3.41. The Labute approximate surface area is 218 Å². The molecule has 2 aliphatic rings. The zero-order valence-corrected chi connectivity index (χ0v) is 21.8. The average molecular weight is 547 g/mol. The SMILES string of the molecule is COc1ccc(C2(C(=O)N3CS(=O)(=O)C[C@@H]3C(=O)Nc3ccc4[nH]c(C)cc4n3)CCC(F)(F)CC2)cc1. The van der Waals surface area contributed by atoms with Gasteiger partial charge in [0.15, 0.2) is 9.84 Å². The highest BCUT2D eigenvalue weighted by molar-refractivity contribution is 7.91. The number of amides is 2. The normalized spacial score (nSPS) is 21.8. The van der Waals surface area contributed by atoms with E-state index in [1.807, 2.05) is 6.92 Å². The number of nitrogens with one attached hydrogen (secondary N) is 2. The molecular weight excluding hydrogens is 518 g/mol. The molecule has 3 aromatic rings. The molecule has 0 unspecified atom stereocenters. The molecule has 9 nitrogen and oxygen atoms in total. The molecule has 3 heterocycles. The van der Waals surface area contributed by atoms with Crippen LogP contribution in [0.4, 0.5) is 14.6 Å². The number of carbonyl (C=O) groups is 2. The molecule has 2 N–H and O–H groups in total. The number of aromatic nitrogens is 2. The Balaban J connectivity index is 1.47. The second kappa shape index (κ2) is 9.33. The van der Waals surface area contributed by atoms with E-state index < -0.39 is 63.5 Å². The maximum atomic E-state index is 14.2. The van der Waals surface area contributed by atoms with Crippen LogP contribution in [0, 0.1) is 6.92 Å². The van der Waals surface area contributed by atoms with Gasteiger partial charge in [0.2, 0.25) is 17.7 Å². The molecule has 0 bridgehead atoms. The molecule has 1 aliphatic heterocycles. The van der Waals surface area contributed by atoms with E-state index >= 15 is 0 Å². The summed E-state index contributed by atoms with van der Waals surface area (Å²) in [6, 6.07) is 10.3. The van der Waals surface area contributed by atoms with Gasteiger partial charge in [-0.25, -0.2) is 22.2 Å². The van der Waals surface area contributed by atoms with Crippen molar-refractivity contribution in [3.8, 4) is 5.75 Å². The van der Waals surface area contributed by atoms with Crippen LogP contribution in [0.1, 0.15) is 36.9 Å². The lowest BCUT2D eigenvalue weighted by Gasteiger charge is -2.42. The maximum absolute atomic E-state index is 14.2. The molecule has 0 radical (unpaired) electrons. The number of hydrogen-bond donors (Lipinski definition) is 2. The molecule has 2 aromatic heterocycles. The number of methoxy groups -OCH3 is 1. The molecule has 202 valence electrons. The Morgan fingerprint density at radius 2 is 1.79 bits per heavy atom. The molecule has 1 aliphatic carbocycles. The van der Waals surface area contributed by atoms with Gasteiger partial charge in [0.05, 0.1) is 29.3 Å². The molecule has 38 heavy (non-hydrogen) atoms. The Kier molecular flexibility index (Phi) is 6.41. The highest BCUT2D eigenvalue weighted by Gasteiger charge is 2.54. The second-order valence-corrected chi connectivity index (χ2v) is 12.1. The highest BCUT2D eigenvalue weighted by atomic mass is 32.2. The summed E-state index contributed by atoms with van der Waals surface area (Å²) < 4.78 is 58.9. The number of nitrogens with zero attached hydrogens (tertiary/aromatic N) is 2. The van der Waals surface area contributed by atoms with Crippen LogP contribution in [0.15, 0.2) is 42.5 Å². The predicted molar refractivity (Wildman–Crippen MR) is 137 cm³/mol. The smallest absolute Gasteiger partial charge is 0.249 e. The van der Waals surface area contributed by atoms with E-state index in [1.165, 1.54) is 7.11 Å². The lowest BCUT2D eigenvalue weighted by atomic mass is 9.67. The van der Waals surface area contributed by atoms with Gasteiger partial charge in [0.25, 0.3) is 0 Å². The third kappa shape index (κ3) is 4.84. The second-order valence-electron chi connectivity index (χ2n) is 10.1. The number of alkyl halides is 2. The highest BCUT2D eigenvalue weighted by Crippen LogP contribution is 2.47. The number of pyridine rings is 1. The molecule has 2 amide bonds. The molecule has 5 rings (SSSR count). The van der Waals surface area contributed by atoms with Crippen LogP contribution < -0.4 is 10.1 Å². The lowest BCUT2D eigenvalue weighted by molar-refractivity contribution is -0.146. The van der Waals surface area contributed by atoms with Crippen LogP contribution in [-0.2, 0) is 24.8 Å². The number of aryl methyl sites for hydroxylation is 1. The Hall–Kier alpha value is -3.54. The summed E-state index contributed by atoms with van der Waals surface area (Å²) >= 11 is 0. The molecule has 0 spiro atoms. The molecule has 1 saturated carbocycles. The van der Waals surface area contributed by atoms with E-state index in [9.17, 15) is 26.8 Å². The first kappa shape index (κ1) is 26.1. The van der Waals surface area contributed by atoms with E-state index in [4.69, 9.17) is 4.74 Å². The molecule has 1 aromatic carbocycles. The number of sulfone groups is 1. The molecule has 1 atom stereocenters. The van der Waals surface area contributed by atoms with Gasteiger partial charge in [-0.2, -0.15) is 0 Å². The van der Waals surface area contributed by atoms with Crippen molar-refractivity contribution in [2.75, 3.05) is 24.1 Å². The first-order valence-corrected chi connectivity index (χ1v) is 14.0. The van der Waals surface area contributed by atoms with Crippen molar-refractivity contribution < 1.29 is 31.5 Å². The first-order chi connectivity index (χ1) is 17.9. The fourth-order valence-electron chi connectivity index (χ4n) is 5.38. The van der Waals surface area contributed by atoms with Crippen LogP contribution in [0.3, 0.4) is 0 Å². The van der Waals surface area contributed by atoms with E-state index in [2.05, 4.69) is 15.3 Å². The van der Waals surface area contributed by atoms with Crippen molar-refractivity contribution in [2.24, 2.45) is 0 Å². The molecule has 1 saturated heterocycles. The third-order valence-electron chi connectivity index (χ3n) is 7.44. The number of carbonyl (C=O) groups excluding carboxylic acids is 2. The third-order valence-corrected chi connectivity index (χ3v) is 8.93. The van der Waals surface area contributed by atoms with Crippen molar-refractivity contribution in [1.29, 1.82) is 0 Å². The van der Waals surface area contributed by atoms with Gasteiger partial charge >= 0.3 is 0 Å². The number of hydrogen-bond acceptors (Lipinski definition) is 6. The van der Waals surface area contributed by atoms with E-state index in [-0.39, 0.29) is 18.7 Å². The van der Waals surface area contributed by atoms with E-state index in [1.54, 1.807) is 42.5 Å². The van der Waals surface area contributed by atoms with Crippen molar-refractivity contribution in [1.82, 2.24) is 14.9 Å². The number of H-pyrrole nitrogens is 1. The number of rotatable bonds is 5. The quantitative estimate of drug-likeness (QED) is 0.505. The number of ether oxygens (including phenoxy) is 1. The number of benzene rings is 1. The number of anilines is 1. The monoisotopic (exact) mass is 546 g/mol. The number of halogens is 2. The van der Waals surface area contributed by atoms with Crippen molar-refractivity contribution in [3.63, 3.8) is 0 Å². The summed E-state index contributed by atoms with van der Waals surface area (Å²) in [5.74, 6) is -4.77. The van der Waals surface area contributed by atoms with Gasteiger partial charge in [-0.05, 0) is 55.7 Å². The molecule has 2 fully saturated rings. The summed E-state index contributed by atoms with van der Waals surface area (Å²) in [7, 11) is -2.30. The lowest BCUT2D eigenvalue weighted by Crippen LogP contribution is -2.54. The van der Waals surface area contributed by atoms with Crippen LogP contribution in [0.5, 0.6) is 5.75 Å². The summed E-state index contributed by atoms with van der Waals surface area (Å²) in [4.78, 5) is 36.0. The minimum atomic E-state index is -3.79. The Bertz CT molecular complexity index is 1490. The van der Waals surface area contributed by atoms with Gasteiger partial charge in [0.1, 0.15) is 23.5 Å². The maximum Gasteiger partial charge on any atom is 0.249 e. The zero-order valence-electron chi connectivity index (χ0n) is 21.0. The number of aromatic amines is 1. The topological polar surface area (TPSA) is 121 Å². The molecule has 12 heteroatoms. The fourth-order valence-corrected chi connectivity index (χ4v) is 7.02. The van der Waals surface area contributed by atoms with Gasteiger partial charge in [-0.1, -0.05) is 12.1 Å². The van der Waals surface area contributed by atoms with E-state index in [0.717, 1.165) is 16.1 Å². The summed E-state index contributed by atoms with van der Waals surface area (Å²) in [5, 5.41) is 2.63. The van der Waals surface area contributed by atoms with Gasteiger partial charge in [0, 0.05) is 18.5 Å². The Morgan fingerprint density at radius 1 is 1.11 bits per heavy atom. The van der Waals surface area contributed by atoms with Crippen LogP contribution in [-0.4, -0.2) is 65.8 Å². The van der Waals surface area contributed by atoms with Gasteiger partial charge in [-0.15, -0.1) is 0 Å². The summed E-state index contributed by atoms with van der Waals surface area (Å²) in [6.45, 7) is 1.87. The minimum absolute atomic E-state index is 0.179. The van der Waals surface area contributed by atoms with E-state index in [0.29, 0.717) is 16.8 Å². The minimum Gasteiger partial charge on any atom is -0.497 e. The van der Waals surface area contributed by atoms with Gasteiger partial charge in [-0.3, -0.25) is 9.59 Å². The summed E-state index contributed by atoms with van der Waals surface area (Å²) in [6.07, 6.45) is -1.41. The number of fused-ring (bicyclic) bond motifs is 1. The van der Waals surface area contributed by atoms with Crippen molar-refractivity contribution >= 4 is 38.5 Å². The first-order valence-electron chi connectivity index (χ1n) is 12.2. The van der Waals surface area contributed by atoms with Crippen LogP contribution >= 0.6 is 0 Å².